The summed E-state index contributed by atoms with van der Waals surface area (Å²) < 4.78 is 53.8. The number of nitrogens with zero attached hydrogens (tertiary/aromatic N) is 5. The molecule has 0 atom stereocenters. The Morgan fingerprint density at radius 1 is 1.14 bits per heavy atom. The molecule has 2 fully saturated rings. The first kappa shape index (κ1) is 30.9. The molecule has 0 saturated carbocycles. The highest BCUT2D eigenvalue weighted by Crippen LogP contribution is 2.34. The topological polar surface area (TPSA) is 110 Å². The predicted molar refractivity (Wildman–Crippen MR) is 157 cm³/mol. The maximum Gasteiger partial charge on any atom is 0.416 e. The molecule has 234 valence electrons. The summed E-state index contributed by atoms with van der Waals surface area (Å²) in [6, 6.07) is 6.06. The zero-order valence-electron chi connectivity index (χ0n) is 25.1. The van der Waals surface area contributed by atoms with Gasteiger partial charge in [-0.05, 0) is 57.7 Å². The number of imidazole rings is 1. The average molecular weight is 604 g/mol. The number of aromatic nitrogens is 3. The average Bonchev–Trinajstić information content (AvgIpc) is 3.27. The number of carbonyl (C=O) groups is 1. The van der Waals surface area contributed by atoms with E-state index < -0.39 is 23.4 Å². The van der Waals surface area contributed by atoms with Crippen LogP contribution in [0.3, 0.4) is 0 Å². The lowest BCUT2D eigenvalue weighted by molar-refractivity contribution is -0.138. The van der Waals surface area contributed by atoms with Crippen molar-refractivity contribution >= 4 is 23.2 Å². The van der Waals surface area contributed by atoms with Crippen molar-refractivity contribution < 1.29 is 27.4 Å². The number of hydrogen-bond donors (Lipinski definition) is 2. The molecule has 2 saturated heterocycles. The maximum absolute atomic E-state index is 13.7. The van der Waals surface area contributed by atoms with Gasteiger partial charge in [0.1, 0.15) is 5.60 Å². The van der Waals surface area contributed by atoms with Gasteiger partial charge in [-0.1, -0.05) is 12.1 Å². The van der Waals surface area contributed by atoms with Crippen molar-refractivity contribution in [2.24, 2.45) is 0 Å². The third-order valence-corrected chi connectivity index (χ3v) is 7.90. The van der Waals surface area contributed by atoms with Gasteiger partial charge in [-0.25, -0.2) is 14.3 Å². The zero-order chi connectivity index (χ0) is 30.9. The van der Waals surface area contributed by atoms with Crippen LogP contribution in [-0.2, 0) is 28.6 Å². The van der Waals surface area contributed by atoms with Gasteiger partial charge in [0, 0.05) is 51.3 Å². The second-order valence-electron chi connectivity index (χ2n) is 12.3. The number of rotatable bonds is 6. The molecule has 0 aliphatic carbocycles. The van der Waals surface area contributed by atoms with Crippen LogP contribution in [-0.4, -0.2) is 76.6 Å². The van der Waals surface area contributed by atoms with E-state index in [1.807, 2.05) is 20.8 Å². The molecule has 2 aromatic heterocycles. The fraction of sp³-hybridized carbons (Fsp3) is 0.567. The number of benzene rings is 1. The van der Waals surface area contributed by atoms with E-state index in [9.17, 15) is 18.0 Å². The number of alkyl carbamates (subject to hydrolysis) is 1. The van der Waals surface area contributed by atoms with Gasteiger partial charge in [-0.2, -0.15) is 13.2 Å². The summed E-state index contributed by atoms with van der Waals surface area (Å²) in [5.74, 6) is 0.674. The van der Waals surface area contributed by atoms with Gasteiger partial charge in [0.05, 0.1) is 35.9 Å². The summed E-state index contributed by atoms with van der Waals surface area (Å²) in [4.78, 5) is 21.4. The lowest BCUT2D eigenvalue weighted by Crippen LogP contribution is -2.45. The molecule has 1 aromatic carbocycles. The molecule has 13 heteroatoms. The highest BCUT2D eigenvalue weighted by Gasteiger charge is 2.33. The molecule has 2 aliphatic rings. The smallest absolute Gasteiger partial charge is 0.416 e. The molecular formula is C30H40F3N7O3. The number of likely N-dealkylation sites (tertiary alicyclic amines) is 1. The molecule has 5 rings (SSSR count). The van der Waals surface area contributed by atoms with Gasteiger partial charge in [-0.15, -0.1) is 5.10 Å². The number of halogens is 3. The normalized spacial score (nSPS) is 17.4. The molecule has 0 bridgehead atoms. The number of nitrogens with one attached hydrogen (secondary N) is 1. The van der Waals surface area contributed by atoms with Crippen molar-refractivity contribution in [2.75, 3.05) is 50.0 Å². The summed E-state index contributed by atoms with van der Waals surface area (Å²) in [5, 5.41) is 7.84. The second-order valence-corrected chi connectivity index (χ2v) is 12.3. The molecule has 3 N–H and O–H groups in total. The van der Waals surface area contributed by atoms with Gasteiger partial charge in [-0.3, -0.25) is 4.90 Å². The fourth-order valence-corrected chi connectivity index (χ4v) is 5.65. The fourth-order valence-electron chi connectivity index (χ4n) is 5.65. The highest BCUT2D eigenvalue weighted by atomic mass is 19.4. The number of alkyl halides is 3. The van der Waals surface area contributed by atoms with Crippen LogP contribution in [0.4, 0.5) is 29.5 Å². The number of piperidine rings is 1. The van der Waals surface area contributed by atoms with Crippen LogP contribution in [0.2, 0.25) is 0 Å². The molecule has 0 unspecified atom stereocenters. The third kappa shape index (κ3) is 7.32. The van der Waals surface area contributed by atoms with E-state index in [4.69, 9.17) is 25.3 Å². The Labute approximate surface area is 249 Å². The SMILES string of the molecule is Cc1c(Cc2c(CN3CCC(NC(=O)OC(C)(C)C)CC3)nc3c(N)cc(N4CCOCC4)nn23)cccc1C(F)(F)F. The summed E-state index contributed by atoms with van der Waals surface area (Å²) in [7, 11) is 0. The van der Waals surface area contributed by atoms with Crippen molar-refractivity contribution in [2.45, 2.75) is 71.3 Å². The summed E-state index contributed by atoms with van der Waals surface area (Å²) >= 11 is 0. The molecule has 4 heterocycles. The van der Waals surface area contributed by atoms with E-state index in [-0.39, 0.29) is 18.0 Å². The van der Waals surface area contributed by atoms with Crippen LogP contribution in [0.1, 0.15) is 61.7 Å². The largest absolute Gasteiger partial charge is 0.444 e. The quantitative estimate of drug-likeness (QED) is 0.422. The molecular weight excluding hydrogens is 563 g/mol. The number of morpholine rings is 1. The Kier molecular flexibility index (Phi) is 8.75. The Morgan fingerprint density at radius 2 is 1.84 bits per heavy atom. The maximum atomic E-state index is 13.7. The van der Waals surface area contributed by atoms with Crippen LogP contribution < -0.4 is 16.0 Å². The van der Waals surface area contributed by atoms with Crippen molar-refractivity contribution in [3.8, 4) is 0 Å². The Morgan fingerprint density at radius 3 is 2.49 bits per heavy atom. The highest BCUT2D eigenvalue weighted by molar-refractivity contribution is 5.69. The summed E-state index contributed by atoms with van der Waals surface area (Å²) in [6.07, 6.45) is -3.21. The molecule has 0 spiro atoms. The monoisotopic (exact) mass is 603 g/mol. The van der Waals surface area contributed by atoms with Crippen LogP contribution in [0.25, 0.3) is 5.65 Å². The lowest BCUT2D eigenvalue weighted by atomic mass is 9.97. The number of hydrogen-bond acceptors (Lipinski definition) is 8. The Balaban J connectivity index is 1.43. The Bertz CT molecular complexity index is 1450. The third-order valence-electron chi connectivity index (χ3n) is 7.90. The van der Waals surface area contributed by atoms with Crippen LogP contribution >= 0.6 is 0 Å². The van der Waals surface area contributed by atoms with Gasteiger partial charge in [0.15, 0.2) is 11.5 Å². The minimum atomic E-state index is -4.45. The lowest BCUT2D eigenvalue weighted by Gasteiger charge is -2.32. The van der Waals surface area contributed by atoms with Crippen molar-refractivity contribution in [3.63, 3.8) is 0 Å². The number of nitrogen functional groups attached to an aromatic ring is 1. The molecule has 10 nitrogen and oxygen atoms in total. The van der Waals surface area contributed by atoms with Gasteiger partial charge in [0.2, 0.25) is 0 Å². The first-order chi connectivity index (χ1) is 20.3. The standard InChI is InChI=1S/C30H40F3N7O3/c1-19-20(6-5-7-22(19)30(31,32)33)16-25-24(18-38-10-8-21(9-11-38)35-28(41)43-29(2,3)4)36-27-23(34)17-26(37-40(25)27)39-12-14-42-15-13-39/h5-7,17,21H,8-16,18,34H2,1-4H3,(H,35,41). The van der Waals surface area contributed by atoms with Crippen LogP contribution in [0.15, 0.2) is 24.3 Å². The molecule has 3 aromatic rings. The van der Waals surface area contributed by atoms with Gasteiger partial charge >= 0.3 is 12.3 Å². The summed E-state index contributed by atoms with van der Waals surface area (Å²) in [5.41, 5.74) is 8.36. The van der Waals surface area contributed by atoms with E-state index in [0.717, 1.165) is 18.9 Å². The summed E-state index contributed by atoms with van der Waals surface area (Å²) in [6.45, 7) is 11.3. The number of ether oxygens (including phenoxy) is 2. The second kappa shape index (κ2) is 12.2. The van der Waals surface area contributed by atoms with E-state index in [1.165, 1.54) is 13.0 Å². The van der Waals surface area contributed by atoms with E-state index in [1.54, 1.807) is 16.6 Å². The van der Waals surface area contributed by atoms with Crippen molar-refractivity contribution in [1.82, 2.24) is 24.8 Å². The first-order valence-electron chi connectivity index (χ1n) is 14.7. The predicted octanol–water partition coefficient (Wildman–Crippen LogP) is 4.56. The molecule has 0 radical (unpaired) electrons. The first-order valence-corrected chi connectivity index (χ1v) is 14.7. The van der Waals surface area contributed by atoms with Crippen LogP contribution in [0.5, 0.6) is 0 Å². The van der Waals surface area contributed by atoms with E-state index in [0.29, 0.717) is 80.0 Å². The van der Waals surface area contributed by atoms with Crippen molar-refractivity contribution in [3.05, 3.63) is 52.3 Å². The molecule has 2 aliphatic heterocycles. The van der Waals surface area contributed by atoms with Crippen molar-refractivity contribution in [1.29, 1.82) is 0 Å². The van der Waals surface area contributed by atoms with Gasteiger partial charge in [0.25, 0.3) is 0 Å². The van der Waals surface area contributed by atoms with Crippen LogP contribution in [0, 0.1) is 6.92 Å². The zero-order valence-corrected chi connectivity index (χ0v) is 25.1. The Hall–Kier alpha value is -3.58. The minimum Gasteiger partial charge on any atom is -0.444 e. The number of carbonyl (C=O) groups excluding carboxylic acids is 1. The minimum absolute atomic E-state index is 0.00668. The number of amides is 1. The number of anilines is 2. The molecule has 43 heavy (non-hydrogen) atoms. The van der Waals surface area contributed by atoms with E-state index in [2.05, 4.69) is 15.1 Å². The number of fused-ring (bicyclic) bond motifs is 1. The van der Waals surface area contributed by atoms with E-state index >= 15 is 0 Å². The molecule has 1 amide bonds. The van der Waals surface area contributed by atoms with Gasteiger partial charge < -0.3 is 25.4 Å². The number of nitrogens with two attached hydrogens (primary N) is 1.